The summed E-state index contributed by atoms with van der Waals surface area (Å²) in [6.07, 6.45) is 2.36. The summed E-state index contributed by atoms with van der Waals surface area (Å²) in [5.41, 5.74) is 0.440. The summed E-state index contributed by atoms with van der Waals surface area (Å²) in [5, 5.41) is 0. The Balaban J connectivity index is 1.31. The Hall–Kier alpha value is -1.53. The number of ether oxygens (including phenoxy) is 1. The Bertz CT molecular complexity index is 996. The molecule has 172 valence electrons. The number of carbonyl (C=O) groups excluding carboxylic acids is 1. The zero-order valence-electron chi connectivity index (χ0n) is 17.4. The lowest BCUT2D eigenvalue weighted by Gasteiger charge is -2.37. The summed E-state index contributed by atoms with van der Waals surface area (Å²) >= 11 is 0. The molecule has 11 heteroatoms. The number of nitrogens with one attached hydrogen (secondary N) is 1. The molecule has 0 radical (unpaired) electrons. The van der Waals surface area contributed by atoms with Crippen LogP contribution in [0.15, 0.2) is 29.2 Å². The lowest BCUT2D eigenvalue weighted by atomic mass is 10.1. The average molecular weight is 472 g/mol. The molecule has 3 aliphatic heterocycles. The van der Waals surface area contributed by atoms with E-state index in [2.05, 4.69) is 9.62 Å². The minimum Gasteiger partial charge on any atom is -0.377 e. The van der Waals surface area contributed by atoms with Gasteiger partial charge in [-0.3, -0.25) is 9.69 Å². The van der Waals surface area contributed by atoms with Crippen molar-refractivity contribution in [2.75, 3.05) is 50.8 Å². The number of piperazine rings is 1. The van der Waals surface area contributed by atoms with Crippen LogP contribution in [-0.2, 0) is 24.6 Å². The molecule has 0 unspecified atom stereocenters. The maximum absolute atomic E-state index is 12.8. The SMILES string of the molecule is O=C(c1ccc(S(=O)(=O)NC[C@@H]2CCCO2)cc1)N1CCN([C@@H]2CCS(=O)(=O)C2)CC1. The summed E-state index contributed by atoms with van der Waals surface area (Å²) < 4.78 is 56.4. The second-order valence-corrected chi connectivity index (χ2v) is 12.4. The van der Waals surface area contributed by atoms with Gasteiger partial charge in [0.25, 0.3) is 5.91 Å². The zero-order valence-corrected chi connectivity index (χ0v) is 19.0. The van der Waals surface area contributed by atoms with Crippen molar-refractivity contribution in [3.8, 4) is 0 Å². The molecule has 1 N–H and O–H groups in total. The van der Waals surface area contributed by atoms with E-state index in [1.165, 1.54) is 12.1 Å². The lowest BCUT2D eigenvalue weighted by molar-refractivity contribution is 0.0587. The summed E-state index contributed by atoms with van der Waals surface area (Å²) in [7, 11) is -6.58. The van der Waals surface area contributed by atoms with Crippen molar-refractivity contribution in [2.45, 2.75) is 36.3 Å². The molecular weight excluding hydrogens is 442 g/mol. The summed E-state index contributed by atoms with van der Waals surface area (Å²) in [6.45, 7) is 3.25. The third kappa shape index (κ3) is 5.46. The van der Waals surface area contributed by atoms with Crippen LogP contribution in [0.2, 0.25) is 0 Å². The second kappa shape index (κ2) is 9.14. The standard InChI is InChI=1S/C20H29N3O6S2/c24-20(23-10-8-22(9-11-23)17-7-13-30(25,26)15-17)16-3-5-19(6-4-16)31(27,28)21-14-18-2-1-12-29-18/h3-6,17-18,21H,1-2,7-15H2/t17-,18+/m1/s1. The number of nitrogens with zero attached hydrogens (tertiary/aromatic N) is 2. The Morgan fingerprint density at radius 1 is 1.10 bits per heavy atom. The van der Waals surface area contributed by atoms with Gasteiger partial charge in [-0.05, 0) is 43.5 Å². The van der Waals surface area contributed by atoms with Crippen LogP contribution < -0.4 is 4.72 Å². The number of benzene rings is 1. The first-order chi connectivity index (χ1) is 14.7. The normalized spacial score (nSPS) is 26.9. The van der Waals surface area contributed by atoms with Gasteiger partial charge in [0.1, 0.15) is 0 Å². The molecule has 2 atom stereocenters. The molecule has 4 rings (SSSR count). The molecule has 0 aromatic heterocycles. The quantitative estimate of drug-likeness (QED) is 0.626. The molecule has 0 bridgehead atoms. The molecule has 0 aliphatic carbocycles. The Morgan fingerprint density at radius 3 is 2.39 bits per heavy atom. The largest absolute Gasteiger partial charge is 0.377 e. The number of amides is 1. The van der Waals surface area contributed by atoms with Gasteiger partial charge in [-0.2, -0.15) is 0 Å². The van der Waals surface area contributed by atoms with Crippen LogP contribution in [0.3, 0.4) is 0 Å². The van der Waals surface area contributed by atoms with Crippen LogP contribution in [0.25, 0.3) is 0 Å². The minimum atomic E-state index is -3.65. The summed E-state index contributed by atoms with van der Waals surface area (Å²) in [6, 6.07) is 6.03. The molecule has 0 saturated carbocycles. The fourth-order valence-electron chi connectivity index (χ4n) is 4.40. The Kier molecular flexibility index (Phi) is 6.68. The molecule has 3 saturated heterocycles. The highest BCUT2D eigenvalue weighted by Gasteiger charge is 2.34. The highest BCUT2D eigenvalue weighted by atomic mass is 32.2. The first kappa shape index (κ1) is 22.7. The predicted octanol–water partition coefficient (Wildman–Crippen LogP) is 0.0888. The van der Waals surface area contributed by atoms with Crippen LogP contribution in [0.1, 0.15) is 29.6 Å². The molecule has 1 amide bonds. The smallest absolute Gasteiger partial charge is 0.253 e. The molecule has 3 heterocycles. The van der Waals surface area contributed by atoms with E-state index in [-0.39, 0.29) is 41.0 Å². The lowest BCUT2D eigenvalue weighted by Crippen LogP contribution is -2.52. The van der Waals surface area contributed by atoms with Crippen molar-refractivity contribution < 1.29 is 26.4 Å². The third-order valence-corrected chi connectivity index (χ3v) is 9.45. The van der Waals surface area contributed by atoms with Crippen LogP contribution >= 0.6 is 0 Å². The van der Waals surface area contributed by atoms with Gasteiger partial charge >= 0.3 is 0 Å². The number of hydrogen-bond acceptors (Lipinski definition) is 7. The zero-order chi connectivity index (χ0) is 22.1. The van der Waals surface area contributed by atoms with Crippen LogP contribution in [0.5, 0.6) is 0 Å². The molecule has 3 aliphatic rings. The number of sulfonamides is 1. The monoisotopic (exact) mass is 471 g/mol. The van der Waals surface area contributed by atoms with E-state index >= 15 is 0 Å². The van der Waals surface area contributed by atoms with Gasteiger partial charge in [0, 0.05) is 50.9 Å². The van der Waals surface area contributed by atoms with Gasteiger partial charge in [0.05, 0.1) is 22.5 Å². The van der Waals surface area contributed by atoms with Crippen molar-refractivity contribution in [3.05, 3.63) is 29.8 Å². The van der Waals surface area contributed by atoms with E-state index in [1.807, 2.05) is 0 Å². The van der Waals surface area contributed by atoms with Gasteiger partial charge < -0.3 is 9.64 Å². The molecule has 1 aromatic carbocycles. The Labute approximate surface area is 183 Å². The van der Waals surface area contributed by atoms with E-state index < -0.39 is 19.9 Å². The van der Waals surface area contributed by atoms with Gasteiger partial charge in [0.2, 0.25) is 10.0 Å². The van der Waals surface area contributed by atoms with Crippen molar-refractivity contribution in [3.63, 3.8) is 0 Å². The first-order valence-electron chi connectivity index (χ1n) is 10.7. The van der Waals surface area contributed by atoms with Gasteiger partial charge in [-0.25, -0.2) is 21.6 Å². The fourth-order valence-corrected chi connectivity index (χ4v) is 7.23. The topological polar surface area (TPSA) is 113 Å². The van der Waals surface area contributed by atoms with Crippen molar-refractivity contribution in [1.29, 1.82) is 0 Å². The van der Waals surface area contributed by atoms with Crippen molar-refractivity contribution in [2.24, 2.45) is 0 Å². The van der Waals surface area contributed by atoms with E-state index in [1.54, 1.807) is 17.0 Å². The molecular formula is C20H29N3O6S2. The van der Waals surface area contributed by atoms with Gasteiger partial charge in [-0.15, -0.1) is 0 Å². The molecule has 31 heavy (non-hydrogen) atoms. The van der Waals surface area contributed by atoms with E-state index in [0.717, 1.165) is 12.8 Å². The minimum absolute atomic E-state index is 0.0499. The fraction of sp³-hybridized carbons (Fsp3) is 0.650. The van der Waals surface area contributed by atoms with Crippen molar-refractivity contribution in [1.82, 2.24) is 14.5 Å². The highest BCUT2D eigenvalue weighted by Crippen LogP contribution is 2.20. The third-order valence-electron chi connectivity index (χ3n) is 6.26. The predicted molar refractivity (Wildman–Crippen MR) is 115 cm³/mol. The van der Waals surface area contributed by atoms with Gasteiger partial charge in [0.15, 0.2) is 9.84 Å². The summed E-state index contributed by atoms with van der Waals surface area (Å²) in [4.78, 5) is 16.8. The number of rotatable bonds is 6. The number of hydrogen-bond donors (Lipinski definition) is 1. The average Bonchev–Trinajstić information content (AvgIpc) is 3.41. The van der Waals surface area contributed by atoms with E-state index in [0.29, 0.717) is 44.8 Å². The van der Waals surface area contributed by atoms with Crippen molar-refractivity contribution >= 4 is 25.8 Å². The number of carbonyl (C=O) groups is 1. The summed E-state index contributed by atoms with van der Waals surface area (Å²) in [5.74, 6) is 0.307. The van der Waals surface area contributed by atoms with E-state index in [4.69, 9.17) is 4.74 Å². The first-order valence-corrected chi connectivity index (χ1v) is 14.0. The maximum atomic E-state index is 12.8. The molecule has 9 nitrogen and oxygen atoms in total. The molecule has 1 aromatic rings. The maximum Gasteiger partial charge on any atom is 0.253 e. The molecule has 3 fully saturated rings. The molecule has 0 spiro atoms. The highest BCUT2D eigenvalue weighted by molar-refractivity contribution is 7.91. The number of sulfone groups is 1. The van der Waals surface area contributed by atoms with Gasteiger partial charge in [-0.1, -0.05) is 0 Å². The Morgan fingerprint density at radius 2 is 1.81 bits per heavy atom. The van der Waals surface area contributed by atoms with Crippen LogP contribution in [0.4, 0.5) is 0 Å². The van der Waals surface area contributed by atoms with E-state index in [9.17, 15) is 21.6 Å². The van der Waals surface area contributed by atoms with Crippen LogP contribution in [0, 0.1) is 0 Å². The second-order valence-electron chi connectivity index (χ2n) is 8.40. The van der Waals surface area contributed by atoms with Crippen LogP contribution in [-0.4, -0.2) is 95.5 Å².